The molecule has 0 unspecified atom stereocenters. The Hall–Kier alpha value is -1.89. The van der Waals surface area contributed by atoms with E-state index in [4.69, 9.17) is 4.74 Å². The third kappa shape index (κ3) is 4.79. The summed E-state index contributed by atoms with van der Waals surface area (Å²) in [6, 6.07) is 12.2. The number of rotatable bonds is 5. The van der Waals surface area contributed by atoms with Crippen molar-refractivity contribution in [2.45, 2.75) is 20.3 Å². The quantitative estimate of drug-likeness (QED) is 0.573. The highest BCUT2D eigenvalue weighted by Gasteiger charge is 2.09. The highest BCUT2D eigenvalue weighted by Crippen LogP contribution is 2.16. The van der Waals surface area contributed by atoms with Crippen LogP contribution < -0.4 is 5.32 Å². The largest absolute Gasteiger partial charge is 0.462 e. The van der Waals surface area contributed by atoms with Crippen molar-refractivity contribution in [2.24, 2.45) is 0 Å². The highest BCUT2D eigenvalue weighted by atomic mass is 127. The summed E-state index contributed by atoms with van der Waals surface area (Å²) in [6.45, 7) is 4.35. The van der Waals surface area contributed by atoms with Gasteiger partial charge in [0, 0.05) is 14.8 Å². The van der Waals surface area contributed by atoms with E-state index in [9.17, 15) is 9.59 Å². The number of hydrogen-bond acceptors (Lipinski definition) is 3. The zero-order chi connectivity index (χ0) is 16.8. The van der Waals surface area contributed by atoms with Gasteiger partial charge in [0.15, 0.2) is 0 Å². The van der Waals surface area contributed by atoms with E-state index in [1.807, 2.05) is 26.0 Å². The lowest BCUT2D eigenvalue weighted by molar-refractivity contribution is 0.0505. The number of carbonyl (C=O) groups excluding carboxylic acids is 2. The number of aryl methyl sites for hydroxylation is 1. The first-order chi connectivity index (χ1) is 11.0. The molecule has 2 aromatic rings. The maximum Gasteiger partial charge on any atom is 0.338 e. The van der Waals surface area contributed by atoms with Gasteiger partial charge in [-0.05, 0) is 77.9 Å². The lowest BCUT2D eigenvalue weighted by Crippen LogP contribution is -2.12. The molecular formula is C18H18INO3. The van der Waals surface area contributed by atoms with Gasteiger partial charge in [0.2, 0.25) is 0 Å². The van der Waals surface area contributed by atoms with Crippen LogP contribution in [0.4, 0.5) is 5.69 Å². The van der Waals surface area contributed by atoms with Crippen molar-refractivity contribution in [2.75, 3.05) is 11.9 Å². The predicted octanol–water partition coefficient (Wildman–Crippen LogP) is 4.42. The first-order valence-corrected chi connectivity index (χ1v) is 8.44. The normalized spacial score (nSPS) is 10.2. The zero-order valence-electron chi connectivity index (χ0n) is 13.1. The van der Waals surface area contributed by atoms with Crippen LogP contribution in [0.3, 0.4) is 0 Å². The topological polar surface area (TPSA) is 55.4 Å². The summed E-state index contributed by atoms with van der Waals surface area (Å²) >= 11 is 2.21. The second-order valence-corrected chi connectivity index (χ2v) is 6.29. The molecule has 0 aliphatic carbocycles. The molecule has 5 heteroatoms. The first-order valence-electron chi connectivity index (χ1n) is 7.36. The number of esters is 1. The summed E-state index contributed by atoms with van der Waals surface area (Å²) in [5, 5.41) is 2.82. The molecule has 120 valence electrons. The lowest BCUT2D eigenvalue weighted by atomic mass is 10.1. The number of anilines is 1. The Morgan fingerprint density at radius 2 is 1.74 bits per heavy atom. The molecule has 0 fully saturated rings. The number of amides is 1. The fraction of sp³-hybridized carbons (Fsp3) is 0.222. The van der Waals surface area contributed by atoms with Crippen LogP contribution in [0.2, 0.25) is 0 Å². The van der Waals surface area contributed by atoms with Gasteiger partial charge in [-0.2, -0.15) is 0 Å². The molecule has 0 saturated heterocycles. The molecule has 4 nitrogen and oxygen atoms in total. The van der Waals surface area contributed by atoms with Crippen LogP contribution in [-0.4, -0.2) is 18.5 Å². The number of benzene rings is 2. The lowest BCUT2D eigenvalue weighted by Gasteiger charge is -2.08. The van der Waals surface area contributed by atoms with Gasteiger partial charge in [-0.1, -0.05) is 13.0 Å². The Bertz CT molecular complexity index is 711. The van der Waals surface area contributed by atoms with E-state index in [1.165, 1.54) is 0 Å². The molecule has 1 N–H and O–H groups in total. The van der Waals surface area contributed by atoms with Gasteiger partial charge >= 0.3 is 5.97 Å². The van der Waals surface area contributed by atoms with Gasteiger partial charge in [-0.3, -0.25) is 4.79 Å². The molecule has 23 heavy (non-hydrogen) atoms. The molecule has 0 aliphatic heterocycles. The van der Waals surface area contributed by atoms with Crippen molar-refractivity contribution in [3.05, 3.63) is 62.7 Å². The van der Waals surface area contributed by atoms with E-state index >= 15 is 0 Å². The van der Waals surface area contributed by atoms with Crippen molar-refractivity contribution >= 4 is 40.2 Å². The van der Waals surface area contributed by atoms with Crippen LogP contribution in [0.25, 0.3) is 0 Å². The summed E-state index contributed by atoms with van der Waals surface area (Å²) in [6.07, 6.45) is 0.787. The Morgan fingerprint density at radius 1 is 1.09 bits per heavy atom. The van der Waals surface area contributed by atoms with Crippen LogP contribution in [0.15, 0.2) is 42.5 Å². The van der Waals surface area contributed by atoms with Crippen molar-refractivity contribution in [1.29, 1.82) is 0 Å². The van der Waals surface area contributed by atoms with Crippen molar-refractivity contribution in [1.82, 2.24) is 0 Å². The van der Waals surface area contributed by atoms with Crippen LogP contribution in [0.1, 0.15) is 39.6 Å². The summed E-state index contributed by atoms with van der Waals surface area (Å²) < 4.78 is 6.11. The van der Waals surface area contributed by atoms with E-state index in [0.717, 1.165) is 15.6 Å². The Morgan fingerprint density at radius 3 is 2.35 bits per heavy atom. The summed E-state index contributed by atoms with van der Waals surface area (Å²) in [4.78, 5) is 23.9. The maximum atomic E-state index is 12.2. The van der Waals surface area contributed by atoms with Crippen LogP contribution in [0, 0.1) is 10.5 Å². The van der Waals surface area contributed by atoms with Crippen LogP contribution in [-0.2, 0) is 4.74 Å². The fourth-order valence-corrected chi connectivity index (χ4v) is 2.42. The standard InChI is InChI=1S/C18H18INO3/c1-3-10-23-18(22)13-6-8-15(9-7-13)20-17(21)14-5-4-12(2)16(19)11-14/h4-9,11H,3,10H2,1-2H3,(H,20,21). The molecule has 2 rings (SSSR count). The molecule has 0 saturated carbocycles. The maximum absolute atomic E-state index is 12.2. The molecule has 0 aromatic heterocycles. The molecule has 0 aliphatic rings. The van der Waals surface area contributed by atoms with E-state index < -0.39 is 0 Å². The highest BCUT2D eigenvalue weighted by molar-refractivity contribution is 14.1. The molecule has 0 spiro atoms. The first kappa shape index (κ1) is 17.5. The third-order valence-corrected chi connectivity index (χ3v) is 4.41. The second-order valence-electron chi connectivity index (χ2n) is 5.13. The SMILES string of the molecule is CCCOC(=O)c1ccc(NC(=O)c2ccc(C)c(I)c2)cc1. The van der Waals surface area contributed by atoms with Gasteiger partial charge < -0.3 is 10.1 Å². The Kier molecular flexibility index (Phi) is 6.15. The Labute approximate surface area is 149 Å². The van der Waals surface area contributed by atoms with Gasteiger partial charge in [0.25, 0.3) is 5.91 Å². The summed E-state index contributed by atoms with van der Waals surface area (Å²) in [5.74, 6) is -0.526. The monoisotopic (exact) mass is 423 g/mol. The molecule has 0 radical (unpaired) electrons. The molecule has 2 aromatic carbocycles. The molecule has 0 heterocycles. The minimum atomic E-state index is -0.349. The molecule has 0 atom stereocenters. The zero-order valence-corrected chi connectivity index (χ0v) is 15.2. The minimum absolute atomic E-state index is 0.177. The third-order valence-electron chi connectivity index (χ3n) is 3.25. The van der Waals surface area contributed by atoms with Crippen LogP contribution in [0.5, 0.6) is 0 Å². The number of carbonyl (C=O) groups is 2. The average molecular weight is 423 g/mol. The number of halogens is 1. The fourth-order valence-electron chi connectivity index (χ4n) is 1.91. The average Bonchev–Trinajstić information content (AvgIpc) is 2.55. The van der Waals surface area contributed by atoms with E-state index in [2.05, 4.69) is 27.9 Å². The van der Waals surface area contributed by atoms with E-state index in [-0.39, 0.29) is 11.9 Å². The van der Waals surface area contributed by atoms with E-state index in [0.29, 0.717) is 23.4 Å². The van der Waals surface area contributed by atoms with Gasteiger partial charge in [-0.25, -0.2) is 4.79 Å². The van der Waals surface area contributed by atoms with E-state index in [1.54, 1.807) is 30.3 Å². The van der Waals surface area contributed by atoms with Crippen LogP contribution >= 0.6 is 22.6 Å². The minimum Gasteiger partial charge on any atom is -0.462 e. The summed E-state index contributed by atoms with van der Waals surface area (Å²) in [5.41, 5.74) is 2.85. The number of ether oxygens (including phenoxy) is 1. The predicted molar refractivity (Wildman–Crippen MR) is 98.9 cm³/mol. The number of hydrogen-bond donors (Lipinski definition) is 1. The van der Waals surface area contributed by atoms with Crippen molar-refractivity contribution < 1.29 is 14.3 Å². The van der Waals surface area contributed by atoms with Gasteiger partial charge in [-0.15, -0.1) is 0 Å². The smallest absolute Gasteiger partial charge is 0.338 e. The number of nitrogens with one attached hydrogen (secondary N) is 1. The Balaban J connectivity index is 2.04. The molecular weight excluding hydrogens is 405 g/mol. The molecule has 1 amide bonds. The van der Waals surface area contributed by atoms with Crippen molar-refractivity contribution in [3.63, 3.8) is 0 Å². The summed E-state index contributed by atoms with van der Waals surface area (Å²) in [7, 11) is 0. The second kappa shape index (κ2) is 8.10. The van der Waals surface area contributed by atoms with Crippen molar-refractivity contribution in [3.8, 4) is 0 Å². The van der Waals surface area contributed by atoms with Gasteiger partial charge in [0.1, 0.15) is 0 Å². The van der Waals surface area contributed by atoms with Gasteiger partial charge in [0.05, 0.1) is 12.2 Å². The molecule has 0 bridgehead atoms.